The van der Waals surface area contributed by atoms with Crippen molar-refractivity contribution < 1.29 is 4.79 Å². The number of nitrogens with one attached hydrogen (secondary N) is 1. The second kappa shape index (κ2) is 6.47. The van der Waals surface area contributed by atoms with Crippen molar-refractivity contribution in [1.29, 1.82) is 0 Å². The fourth-order valence-electron chi connectivity index (χ4n) is 2.48. The van der Waals surface area contributed by atoms with Gasteiger partial charge in [-0.15, -0.1) is 0 Å². The van der Waals surface area contributed by atoms with Gasteiger partial charge >= 0.3 is 0 Å². The van der Waals surface area contributed by atoms with Crippen LogP contribution >= 0.6 is 0 Å². The number of primary amides is 1. The van der Waals surface area contributed by atoms with Crippen molar-refractivity contribution in [2.75, 3.05) is 13.1 Å². The molecule has 0 aromatic carbocycles. The van der Waals surface area contributed by atoms with Gasteiger partial charge in [-0.3, -0.25) is 4.79 Å². The Morgan fingerprint density at radius 3 is 2.71 bits per heavy atom. The molecule has 96 valence electrons. The lowest BCUT2D eigenvalue weighted by Crippen LogP contribution is -2.57. The van der Waals surface area contributed by atoms with Gasteiger partial charge in [0.15, 0.2) is 0 Å². The summed E-state index contributed by atoms with van der Waals surface area (Å²) in [6.45, 7) is 3.03. The summed E-state index contributed by atoms with van der Waals surface area (Å²) in [5.74, 6) is 0.425. The molecule has 0 bridgehead atoms. The van der Waals surface area contributed by atoms with E-state index in [0.717, 1.165) is 32.1 Å². The lowest BCUT2D eigenvalue weighted by Gasteiger charge is -2.38. The number of nitrogens with zero attached hydrogens (tertiary/aromatic N) is 3. The summed E-state index contributed by atoms with van der Waals surface area (Å²) in [6.07, 6.45) is 4.81. The van der Waals surface area contributed by atoms with E-state index in [1.54, 1.807) is 0 Å². The summed E-state index contributed by atoms with van der Waals surface area (Å²) in [7, 11) is 0. The molecule has 1 amide bonds. The Bertz CT molecular complexity index is 303. The molecule has 0 atom stereocenters. The monoisotopic (exact) mass is 239 g/mol. The topological polar surface area (TPSA) is 104 Å². The van der Waals surface area contributed by atoms with Gasteiger partial charge < -0.3 is 11.1 Å². The standard InChI is InChI=1S/C11H21N5O/c1-2-9-3-5-11(6-4-9,10(12)17)14-7-8-15-16-13/h9,14H,2-8H2,1H3,(H2,12,17). The van der Waals surface area contributed by atoms with Crippen LogP contribution in [0.15, 0.2) is 5.11 Å². The third kappa shape index (κ3) is 3.61. The van der Waals surface area contributed by atoms with Gasteiger partial charge in [0.25, 0.3) is 0 Å². The maximum atomic E-state index is 11.6. The van der Waals surface area contributed by atoms with Crippen molar-refractivity contribution in [1.82, 2.24) is 5.32 Å². The lowest BCUT2D eigenvalue weighted by atomic mass is 9.75. The first-order valence-corrected chi connectivity index (χ1v) is 6.20. The van der Waals surface area contributed by atoms with Gasteiger partial charge in [0.2, 0.25) is 5.91 Å². The van der Waals surface area contributed by atoms with Crippen LogP contribution in [0.25, 0.3) is 10.4 Å². The van der Waals surface area contributed by atoms with Crippen LogP contribution in [-0.4, -0.2) is 24.5 Å². The molecule has 0 aliphatic heterocycles. The van der Waals surface area contributed by atoms with Crippen LogP contribution in [0.1, 0.15) is 39.0 Å². The van der Waals surface area contributed by atoms with Crippen molar-refractivity contribution in [3.63, 3.8) is 0 Å². The highest BCUT2D eigenvalue weighted by Gasteiger charge is 2.39. The maximum absolute atomic E-state index is 11.6. The highest BCUT2D eigenvalue weighted by atomic mass is 16.1. The van der Waals surface area contributed by atoms with E-state index in [1.807, 2.05) is 0 Å². The summed E-state index contributed by atoms with van der Waals surface area (Å²) in [5, 5.41) is 6.62. The van der Waals surface area contributed by atoms with Gasteiger partial charge in [0.05, 0.1) is 5.54 Å². The number of hydrogen-bond donors (Lipinski definition) is 2. The van der Waals surface area contributed by atoms with Crippen LogP contribution in [0.3, 0.4) is 0 Å². The largest absolute Gasteiger partial charge is 0.368 e. The molecule has 0 heterocycles. The van der Waals surface area contributed by atoms with E-state index < -0.39 is 5.54 Å². The Labute approximate surface area is 102 Å². The fourth-order valence-corrected chi connectivity index (χ4v) is 2.48. The summed E-state index contributed by atoms with van der Waals surface area (Å²) >= 11 is 0. The quantitative estimate of drug-likeness (QED) is 0.319. The molecule has 6 nitrogen and oxygen atoms in total. The highest BCUT2D eigenvalue weighted by Crippen LogP contribution is 2.33. The molecule has 6 heteroatoms. The molecule has 1 fully saturated rings. The van der Waals surface area contributed by atoms with Gasteiger partial charge in [0, 0.05) is 18.0 Å². The molecular formula is C11H21N5O. The fraction of sp³-hybridized carbons (Fsp3) is 0.909. The van der Waals surface area contributed by atoms with Gasteiger partial charge in [-0.2, -0.15) is 0 Å². The normalized spacial score (nSPS) is 28.4. The third-order valence-corrected chi connectivity index (χ3v) is 3.75. The molecule has 0 radical (unpaired) electrons. The number of amides is 1. The molecule has 17 heavy (non-hydrogen) atoms. The van der Waals surface area contributed by atoms with E-state index in [-0.39, 0.29) is 5.91 Å². The molecule has 0 saturated heterocycles. The van der Waals surface area contributed by atoms with Crippen molar-refractivity contribution in [2.24, 2.45) is 16.8 Å². The number of hydrogen-bond acceptors (Lipinski definition) is 3. The first-order valence-electron chi connectivity index (χ1n) is 6.20. The Morgan fingerprint density at radius 1 is 1.59 bits per heavy atom. The van der Waals surface area contributed by atoms with E-state index >= 15 is 0 Å². The van der Waals surface area contributed by atoms with Crippen molar-refractivity contribution in [3.8, 4) is 0 Å². The molecule has 0 aromatic heterocycles. The lowest BCUT2D eigenvalue weighted by molar-refractivity contribution is -0.126. The van der Waals surface area contributed by atoms with E-state index in [9.17, 15) is 4.79 Å². The minimum Gasteiger partial charge on any atom is -0.368 e. The molecule has 1 rings (SSSR count). The molecule has 0 spiro atoms. The van der Waals surface area contributed by atoms with Crippen LogP contribution in [0.4, 0.5) is 0 Å². The zero-order valence-corrected chi connectivity index (χ0v) is 10.4. The molecule has 0 unspecified atom stereocenters. The number of carbonyl (C=O) groups is 1. The molecule has 0 aromatic rings. The summed E-state index contributed by atoms with van der Waals surface area (Å²) < 4.78 is 0. The van der Waals surface area contributed by atoms with Gasteiger partial charge in [-0.05, 0) is 37.1 Å². The Hall–Kier alpha value is -1.26. The van der Waals surface area contributed by atoms with E-state index in [0.29, 0.717) is 19.0 Å². The van der Waals surface area contributed by atoms with Gasteiger partial charge in [0.1, 0.15) is 0 Å². The average Bonchev–Trinajstić information content (AvgIpc) is 2.35. The molecule has 1 saturated carbocycles. The smallest absolute Gasteiger partial charge is 0.237 e. The number of nitrogens with two attached hydrogens (primary N) is 1. The van der Waals surface area contributed by atoms with E-state index in [1.165, 1.54) is 0 Å². The van der Waals surface area contributed by atoms with E-state index in [4.69, 9.17) is 11.3 Å². The van der Waals surface area contributed by atoms with Crippen LogP contribution in [0, 0.1) is 5.92 Å². The third-order valence-electron chi connectivity index (χ3n) is 3.75. The Balaban J connectivity index is 2.52. The van der Waals surface area contributed by atoms with E-state index in [2.05, 4.69) is 22.3 Å². The second-order valence-corrected chi connectivity index (χ2v) is 4.68. The molecular weight excluding hydrogens is 218 g/mol. The zero-order valence-electron chi connectivity index (χ0n) is 10.4. The Kier molecular flexibility index (Phi) is 5.25. The summed E-state index contributed by atoms with van der Waals surface area (Å²) in [4.78, 5) is 14.3. The van der Waals surface area contributed by atoms with Crippen molar-refractivity contribution in [2.45, 2.75) is 44.6 Å². The summed E-state index contributed by atoms with van der Waals surface area (Å²) in [6, 6.07) is 0. The Morgan fingerprint density at radius 2 is 2.24 bits per heavy atom. The first-order chi connectivity index (χ1) is 8.14. The second-order valence-electron chi connectivity index (χ2n) is 4.68. The van der Waals surface area contributed by atoms with Crippen LogP contribution in [0.2, 0.25) is 0 Å². The minimum atomic E-state index is -0.587. The van der Waals surface area contributed by atoms with Crippen LogP contribution < -0.4 is 11.1 Å². The molecule has 1 aliphatic carbocycles. The van der Waals surface area contributed by atoms with Gasteiger partial charge in [-0.25, -0.2) is 0 Å². The predicted molar refractivity (Wildman–Crippen MR) is 66.2 cm³/mol. The van der Waals surface area contributed by atoms with Crippen molar-refractivity contribution in [3.05, 3.63) is 10.4 Å². The predicted octanol–water partition coefficient (Wildman–Crippen LogP) is 1.71. The summed E-state index contributed by atoms with van der Waals surface area (Å²) in [5.41, 5.74) is 13.1. The molecule has 3 N–H and O–H groups in total. The number of azide groups is 1. The zero-order chi connectivity index (χ0) is 12.7. The van der Waals surface area contributed by atoms with Crippen LogP contribution in [0.5, 0.6) is 0 Å². The number of carbonyl (C=O) groups excluding carboxylic acids is 1. The van der Waals surface area contributed by atoms with Crippen molar-refractivity contribution >= 4 is 5.91 Å². The highest BCUT2D eigenvalue weighted by molar-refractivity contribution is 5.84. The number of rotatable bonds is 6. The van der Waals surface area contributed by atoms with Crippen LogP contribution in [-0.2, 0) is 4.79 Å². The first kappa shape index (κ1) is 13.8. The minimum absolute atomic E-state index is 0.284. The SMILES string of the molecule is CCC1CCC(NCCN=[N+]=[N-])(C(N)=O)CC1. The maximum Gasteiger partial charge on any atom is 0.237 e. The average molecular weight is 239 g/mol. The molecule has 1 aliphatic rings. The van der Waals surface area contributed by atoms with Gasteiger partial charge in [-0.1, -0.05) is 18.5 Å².